The van der Waals surface area contributed by atoms with Crippen LogP contribution in [-0.2, 0) is 0 Å². The molecule has 0 aromatic heterocycles. The van der Waals surface area contributed by atoms with Gasteiger partial charge in [-0.25, -0.2) is 4.79 Å². The summed E-state index contributed by atoms with van der Waals surface area (Å²) in [5, 5.41) is 9.01. The molecule has 0 saturated carbocycles. The number of methoxy groups -OCH3 is 1. The first-order chi connectivity index (χ1) is 7.40. The lowest BCUT2D eigenvalue weighted by atomic mass is 10.0. The fourth-order valence-corrected chi connectivity index (χ4v) is 1.80. The number of anilines is 1. The highest BCUT2D eigenvalue weighted by atomic mass is 16.5. The minimum Gasteiger partial charge on any atom is -0.494 e. The molecule has 0 bridgehead atoms. The molecule has 4 heteroatoms. The van der Waals surface area contributed by atoms with Crippen LogP contribution in [0.1, 0.15) is 16.7 Å². The molecule has 16 heavy (non-hydrogen) atoms. The molecule has 1 rings (SSSR count). The third-order valence-corrected chi connectivity index (χ3v) is 2.78. The average molecular weight is 223 g/mol. The number of rotatable bonds is 2. The van der Waals surface area contributed by atoms with Crippen molar-refractivity contribution in [2.45, 2.75) is 20.8 Å². The molecule has 0 saturated heterocycles. The van der Waals surface area contributed by atoms with Gasteiger partial charge in [0.05, 0.1) is 12.8 Å². The minimum atomic E-state index is -0.996. The number of hydrogen-bond acceptors (Lipinski definition) is 2. The van der Waals surface area contributed by atoms with E-state index in [2.05, 4.69) is 0 Å². The molecule has 0 heterocycles. The molecular weight excluding hydrogens is 206 g/mol. The van der Waals surface area contributed by atoms with E-state index in [4.69, 9.17) is 9.84 Å². The summed E-state index contributed by atoms with van der Waals surface area (Å²) in [7, 11) is 3.07. The van der Waals surface area contributed by atoms with E-state index in [0.29, 0.717) is 11.4 Å². The summed E-state index contributed by atoms with van der Waals surface area (Å²) in [4.78, 5) is 12.2. The Morgan fingerprint density at radius 3 is 2.31 bits per heavy atom. The molecule has 1 aromatic carbocycles. The van der Waals surface area contributed by atoms with Gasteiger partial charge in [-0.3, -0.25) is 4.90 Å². The standard InChI is InChI=1S/C12H17NO3/c1-7-6-8(2)10(13(4)12(14)15)11(16-5)9(7)3/h6H,1-5H3,(H,14,15). The molecular formula is C12H17NO3. The lowest BCUT2D eigenvalue weighted by molar-refractivity contribution is 0.203. The molecule has 1 amide bonds. The Kier molecular flexibility index (Phi) is 3.42. The largest absolute Gasteiger partial charge is 0.494 e. The topological polar surface area (TPSA) is 49.8 Å². The van der Waals surface area contributed by atoms with Gasteiger partial charge in [-0.2, -0.15) is 0 Å². The van der Waals surface area contributed by atoms with Crippen molar-refractivity contribution >= 4 is 11.8 Å². The van der Waals surface area contributed by atoms with Gasteiger partial charge in [0.1, 0.15) is 5.75 Å². The third-order valence-electron chi connectivity index (χ3n) is 2.78. The Morgan fingerprint density at radius 1 is 1.31 bits per heavy atom. The molecule has 0 fully saturated rings. The number of benzene rings is 1. The molecule has 0 aliphatic heterocycles. The number of aryl methyl sites for hydroxylation is 2. The first kappa shape index (κ1) is 12.4. The van der Waals surface area contributed by atoms with E-state index in [9.17, 15) is 4.79 Å². The second-order valence-corrected chi connectivity index (χ2v) is 3.86. The van der Waals surface area contributed by atoms with Gasteiger partial charge in [0.25, 0.3) is 0 Å². The molecule has 88 valence electrons. The van der Waals surface area contributed by atoms with E-state index in [0.717, 1.165) is 16.7 Å². The number of hydrogen-bond donors (Lipinski definition) is 1. The van der Waals surface area contributed by atoms with Gasteiger partial charge in [-0.1, -0.05) is 6.07 Å². The van der Waals surface area contributed by atoms with Crippen molar-refractivity contribution in [2.75, 3.05) is 19.1 Å². The fraction of sp³-hybridized carbons (Fsp3) is 0.417. The first-order valence-corrected chi connectivity index (χ1v) is 5.01. The smallest absolute Gasteiger partial charge is 0.411 e. The summed E-state index contributed by atoms with van der Waals surface area (Å²) >= 11 is 0. The Hall–Kier alpha value is -1.71. The van der Waals surface area contributed by atoms with E-state index in [1.807, 2.05) is 26.8 Å². The van der Waals surface area contributed by atoms with Crippen LogP contribution in [-0.4, -0.2) is 25.4 Å². The zero-order chi connectivity index (χ0) is 12.5. The highest BCUT2D eigenvalue weighted by molar-refractivity contribution is 5.89. The summed E-state index contributed by atoms with van der Waals surface area (Å²) < 4.78 is 5.30. The predicted octanol–water partition coefficient (Wildman–Crippen LogP) is 2.73. The van der Waals surface area contributed by atoms with E-state index >= 15 is 0 Å². The van der Waals surface area contributed by atoms with Gasteiger partial charge in [0.2, 0.25) is 0 Å². The summed E-state index contributed by atoms with van der Waals surface area (Å²) in [6, 6.07) is 1.96. The van der Waals surface area contributed by atoms with Crippen LogP contribution >= 0.6 is 0 Å². The molecule has 0 unspecified atom stereocenters. The van der Waals surface area contributed by atoms with E-state index in [-0.39, 0.29) is 0 Å². The maximum absolute atomic E-state index is 11.0. The average Bonchev–Trinajstić information content (AvgIpc) is 2.21. The van der Waals surface area contributed by atoms with Crippen LogP contribution in [0.5, 0.6) is 5.75 Å². The van der Waals surface area contributed by atoms with Gasteiger partial charge in [-0.15, -0.1) is 0 Å². The molecule has 4 nitrogen and oxygen atoms in total. The summed E-state index contributed by atoms with van der Waals surface area (Å²) in [5.41, 5.74) is 3.57. The molecule has 1 aromatic rings. The van der Waals surface area contributed by atoms with Crippen LogP contribution in [0.2, 0.25) is 0 Å². The van der Waals surface area contributed by atoms with Crippen LogP contribution in [0.3, 0.4) is 0 Å². The molecule has 0 aliphatic carbocycles. The number of amides is 1. The number of nitrogens with zero attached hydrogens (tertiary/aromatic N) is 1. The van der Waals surface area contributed by atoms with Crippen LogP contribution < -0.4 is 9.64 Å². The van der Waals surface area contributed by atoms with E-state index in [1.165, 1.54) is 11.9 Å². The fourth-order valence-electron chi connectivity index (χ4n) is 1.80. The summed E-state index contributed by atoms with van der Waals surface area (Å²) in [6.45, 7) is 5.78. The normalized spacial score (nSPS) is 10.1. The minimum absolute atomic E-state index is 0.609. The maximum Gasteiger partial charge on any atom is 0.411 e. The van der Waals surface area contributed by atoms with Crippen LogP contribution in [0, 0.1) is 20.8 Å². The SMILES string of the molecule is COc1c(C)c(C)cc(C)c1N(C)C(=O)O. The van der Waals surface area contributed by atoms with Crippen molar-refractivity contribution in [2.24, 2.45) is 0 Å². The van der Waals surface area contributed by atoms with Crippen molar-refractivity contribution in [1.29, 1.82) is 0 Å². The lowest BCUT2D eigenvalue weighted by Gasteiger charge is -2.22. The predicted molar refractivity (Wildman–Crippen MR) is 63.6 cm³/mol. The van der Waals surface area contributed by atoms with Gasteiger partial charge in [0, 0.05) is 7.05 Å². The zero-order valence-electron chi connectivity index (χ0n) is 10.3. The Bertz CT molecular complexity index is 427. The van der Waals surface area contributed by atoms with Crippen molar-refractivity contribution in [3.63, 3.8) is 0 Å². The maximum atomic E-state index is 11.0. The van der Waals surface area contributed by atoms with Gasteiger partial charge in [0.15, 0.2) is 0 Å². The van der Waals surface area contributed by atoms with Crippen molar-refractivity contribution in [3.8, 4) is 5.75 Å². The molecule has 0 spiro atoms. The summed E-state index contributed by atoms with van der Waals surface area (Å²) in [6.07, 6.45) is -0.996. The first-order valence-electron chi connectivity index (χ1n) is 5.01. The van der Waals surface area contributed by atoms with Crippen molar-refractivity contribution in [3.05, 3.63) is 22.8 Å². The number of ether oxygens (including phenoxy) is 1. The highest BCUT2D eigenvalue weighted by Gasteiger charge is 2.19. The van der Waals surface area contributed by atoms with Gasteiger partial charge >= 0.3 is 6.09 Å². The van der Waals surface area contributed by atoms with Crippen LogP contribution in [0.4, 0.5) is 10.5 Å². The van der Waals surface area contributed by atoms with E-state index in [1.54, 1.807) is 7.11 Å². The number of carboxylic acid groups (broad SMARTS) is 1. The van der Waals surface area contributed by atoms with Gasteiger partial charge < -0.3 is 9.84 Å². The summed E-state index contributed by atoms with van der Waals surface area (Å²) in [5.74, 6) is 0.627. The van der Waals surface area contributed by atoms with Crippen LogP contribution in [0.15, 0.2) is 6.07 Å². The zero-order valence-corrected chi connectivity index (χ0v) is 10.3. The van der Waals surface area contributed by atoms with Gasteiger partial charge in [-0.05, 0) is 37.5 Å². The van der Waals surface area contributed by atoms with Crippen molar-refractivity contribution in [1.82, 2.24) is 0 Å². The Balaban J connectivity index is 3.48. The van der Waals surface area contributed by atoms with Crippen LogP contribution in [0.25, 0.3) is 0 Å². The second-order valence-electron chi connectivity index (χ2n) is 3.86. The van der Waals surface area contributed by atoms with Crippen molar-refractivity contribution < 1.29 is 14.6 Å². The lowest BCUT2D eigenvalue weighted by Crippen LogP contribution is -2.25. The molecule has 0 aliphatic rings. The molecule has 0 radical (unpaired) electrons. The second kappa shape index (κ2) is 4.43. The quantitative estimate of drug-likeness (QED) is 0.838. The number of carbonyl (C=O) groups is 1. The monoisotopic (exact) mass is 223 g/mol. The molecule has 1 N–H and O–H groups in total. The highest BCUT2D eigenvalue weighted by Crippen LogP contribution is 2.36. The third kappa shape index (κ3) is 1.96. The Morgan fingerprint density at radius 2 is 1.88 bits per heavy atom. The molecule has 0 atom stereocenters. The van der Waals surface area contributed by atoms with E-state index < -0.39 is 6.09 Å². The Labute approximate surface area is 95.5 Å².